The van der Waals surface area contributed by atoms with Crippen LogP contribution in [-0.4, -0.2) is 39.7 Å². The molecule has 2 heterocycles. The Balaban J connectivity index is 1.42. The average Bonchev–Trinajstić information content (AvgIpc) is 3.23. The van der Waals surface area contributed by atoms with Gasteiger partial charge in [0.05, 0.1) is 11.4 Å². The first kappa shape index (κ1) is 20.9. The van der Waals surface area contributed by atoms with Gasteiger partial charge in [-0.2, -0.15) is 5.10 Å². The van der Waals surface area contributed by atoms with Crippen LogP contribution >= 0.6 is 0 Å². The number of carbonyl (C=O) groups is 1. The molecule has 166 valence electrons. The maximum absolute atomic E-state index is 13.7. The van der Waals surface area contributed by atoms with Gasteiger partial charge in [0.1, 0.15) is 11.5 Å². The van der Waals surface area contributed by atoms with Gasteiger partial charge in [-0.3, -0.25) is 4.79 Å². The molecule has 2 aromatic carbocycles. The summed E-state index contributed by atoms with van der Waals surface area (Å²) in [6.45, 7) is 2.32. The van der Waals surface area contributed by atoms with Gasteiger partial charge >= 0.3 is 0 Å². The van der Waals surface area contributed by atoms with E-state index in [1.807, 2.05) is 52.0 Å². The number of benzene rings is 2. The Hall–Kier alpha value is -2.99. The molecule has 0 radical (unpaired) electrons. The maximum Gasteiger partial charge on any atom is 0.272 e. The number of fused-ring (bicyclic) bond motifs is 1. The summed E-state index contributed by atoms with van der Waals surface area (Å²) in [5, 5.41) is 8.51. The molecule has 1 fully saturated rings. The van der Waals surface area contributed by atoms with Crippen molar-refractivity contribution in [1.29, 1.82) is 0 Å². The summed E-state index contributed by atoms with van der Waals surface area (Å²) in [6.07, 6.45) is 5.91. The number of aryl methyl sites for hydroxylation is 1. The van der Waals surface area contributed by atoms with Gasteiger partial charge in [-0.05, 0) is 68.4 Å². The minimum absolute atomic E-state index is 0.0986. The van der Waals surface area contributed by atoms with Gasteiger partial charge in [0.25, 0.3) is 5.91 Å². The van der Waals surface area contributed by atoms with Gasteiger partial charge in [0.2, 0.25) is 0 Å². The number of rotatable bonds is 5. The van der Waals surface area contributed by atoms with Crippen molar-refractivity contribution in [3.8, 4) is 5.69 Å². The largest absolute Gasteiger partial charge is 0.337 e. The smallest absolute Gasteiger partial charge is 0.272 e. The lowest BCUT2D eigenvalue weighted by atomic mass is 9.91. The summed E-state index contributed by atoms with van der Waals surface area (Å²) >= 11 is 0. The first-order valence-electron chi connectivity index (χ1n) is 11.6. The van der Waals surface area contributed by atoms with Crippen LogP contribution in [0.2, 0.25) is 0 Å². The first-order valence-corrected chi connectivity index (χ1v) is 11.6. The second-order valence-electron chi connectivity index (χ2n) is 8.82. The highest BCUT2D eigenvalue weighted by Crippen LogP contribution is 2.28. The van der Waals surface area contributed by atoms with Crippen molar-refractivity contribution in [2.45, 2.75) is 51.1 Å². The van der Waals surface area contributed by atoms with Crippen molar-refractivity contribution in [1.82, 2.24) is 20.0 Å². The van der Waals surface area contributed by atoms with Crippen molar-refractivity contribution in [2.75, 3.05) is 13.1 Å². The molecule has 0 spiro atoms. The highest BCUT2D eigenvalue weighted by Gasteiger charge is 2.32. The van der Waals surface area contributed by atoms with E-state index in [4.69, 9.17) is 5.10 Å². The molecule has 1 N–H and O–H groups in total. The molecule has 5 rings (SSSR count). The van der Waals surface area contributed by atoms with E-state index in [0.717, 1.165) is 73.4 Å². The molecule has 1 aliphatic carbocycles. The normalized spacial score (nSPS) is 18.4. The Morgan fingerprint density at radius 1 is 1.03 bits per heavy atom. The Labute approximate surface area is 188 Å². The van der Waals surface area contributed by atoms with Gasteiger partial charge in [-0.25, -0.2) is 9.07 Å². The van der Waals surface area contributed by atoms with Gasteiger partial charge in [0, 0.05) is 31.2 Å². The molecule has 0 bridgehead atoms. The van der Waals surface area contributed by atoms with E-state index in [1.54, 1.807) is 0 Å². The standard InChI is InChI=1S/C26H29FN4O/c27-20-11-9-19(10-12-20)18-28-21-13-14-24-23(17-21)25(26(32)30-15-5-2-6-16-30)31(29-24)22-7-3-1-4-8-22/h1,3-4,7-12,21,28H,2,5-6,13-18H2. The number of para-hydroxylation sites is 1. The number of amides is 1. The fraction of sp³-hybridized carbons (Fsp3) is 0.385. The van der Waals surface area contributed by atoms with Crippen LogP contribution in [0, 0.1) is 5.82 Å². The quantitative estimate of drug-likeness (QED) is 0.655. The van der Waals surface area contributed by atoms with Crippen molar-refractivity contribution in [3.05, 3.63) is 82.9 Å². The molecule has 1 aliphatic heterocycles. The molecule has 5 nitrogen and oxygen atoms in total. The lowest BCUT2D eigenvalue weighted by molar-refractivity contribution is 0.0713. The highest BCUT2D eigenvalue weighted by molar-refractivity contribution is 5.95. The lowest BCUT2D eigenvalue weighted by Gasteiger charge is -2.28. The van der Waals surface area contributed by atoms with Crippen LogP contribution in [0.25, 0.3) is 5.69 Å². The summed E-state index contributed by atoms with van der Waals surface area (Å²) in [4.78, 5) is 15.6. The Morgan fingerprint density at radius 2 is 1.78 bits per heavy atom. The highest BCUT2D eigenvalue weighted by atomic mass is 19.1. The molecular weight excluding hydrogens is 403 g/mol. The van der Waals surface area contributed by atoms with E-state index in [-0.39, 0.29) is 17.8 Å². The van der Waals surface area contributed by atoms with Crippen LogP contribution in [0.15, 0.2) is 54.6 Å². The van der Waals surface area contributed by atoms with E-state index in [0.29, 0.717) is 6.54 Å². The number of aromatic nitrogens is 2. The lowest BCUT2D eigenvalue weighted by Crippen LogP contribution is -2.38. The predicted octanol–water partition coefficient (Wildman–Crippen LogP) is 4.28. The molecule has 1 atom stereocenters. The fourth-order valence-corrected chi connectivity index (χ4v) is 4.83. The summed E-state index contributed by atoms with van der Waals surface area (Å²) in [7, 11) is 0. The van der Waals surface area contributed by atoms with Crippen molar-refractivity contribution >= 4 is 5.91 Å². The number of carbonyl (C=O) groups excluding carboxylic acids is 1. The third kappa shape index (κ3) is 4.32. The second-order valence-corrected chi connectivity index (χ2v) is 8.82. The average molecular weight is 433 g/mol. The zero-order valence-corrected chi connectivity index (χ0v) is 18.3. The van der Waals surface area contributed by atoms with Gasteiger partial charge in [-0.15, -0.1) is 0 Å². The summed E-state index contributed by atoms with van der Waals surface area (Å²) in [5.41, 5.74) is 4.82. The van der Waals surface area contributed by atoms with Crippen LogP contribution in [0.3, 0.4) is 0 Å². The van der Waals surface area contributed by atoms with E-state index in [1.165, 1.54) is 18.6 Å². The second kappa shape index (κ2) is 9.25. The molecule has 2 aliphatic rings. The van der Waals surface area contributed by atoms with E-state index in [2.05, 4.69) is 5.32 Å². The van der Waals surface area contributed by atoms with Crippen LogP contribution in [0.1, 0.15) is 53.0 Å². The number of halogens is 1. The third-order valence-electron chi connectivity index (χ3n) is 6.60. The zero-order valence-electron chi connectivity index (χ0n) is 18.3. The van der Waals surface area contributed by atoms with Gasteiger partial charge < -0.3 is 10.2 Å². The Morgan fingerprint density at radius 3 is 2.53 bits per heavy atom. The number of nitrogens with one attached hydrogen (secondary N) is 1. The number of piperidine rings is 1. The predicted molar refractivity (Wildman–Crippen MR) is 122 cm³/mol. The van der Waals surface area contributed by atoms with E-state index >= 15 is 0 Å². The van der Waals surface area contributed by atoms with Crippen LogP contribution in [-0.2, 0) is 19.4 Å². The fourth-order valence-electron chi connectivity index (χ4n) is 4.83. The van der Waals surface area contributed by atoms with Crippen molar-refractivity contribution < 1.29 is 9.18 Å². The van der Waals surface area contributed by atoms with Crippen LogP contribution in [0.5, 0.6) is 0 Å². The first-order chi connectivity index (χ1) is 15.7. The molecule has 1 saturated heterocycles. The molecule has 6 heteroatoms. The molecule has 0 saturated carbocycles. The number of hydrogen-bond acceptors (Lipinski definition) is 3. The van der Waals surface area contributed by atoms with Crippen LogP contribution < -0.4 is 5.32 Å². The van der Waals surface area contributed by atoms with Gasteiger partial charge in [-0.1, -0.05) is 30.3 Å². The summed E-state index contributed by atoms with van der Waals surface area (Å²) in [6, 6.07) is 16.8. The summed E-state index contributed by atoms with van der Waals surface area (Å²) < 4.78 is 15.1. The SMILES string of the molecule is O=C(c1c2c(nn1-c1ccccc1)CCC(NCc1ccc(F)cc1)C2)N1CCCCC1. The van der Waals surface area contributed by atoms with Crippen molar-refractivity contribution in [2.24, 2.45) is 0 Å². The van der Waals surface area contributed by atoms with E-state index < -0.39 is 0 Å². The van der Waals surface area contributed by atoms with Crippen molar-refractivity contribution in [3.63, 3.8) is 0 Å². The topological polar surface area (TPSA) is 50.2 Å². The number of likely N-dealkylation sites (tertiary alicyclic amines) is 1. The minimum atomic E-state index is -0.217. The maximum atomic E-state index is 13.7. The number of nitrogens with zero attached hydrogens (tertiary/aromatic N) is 3. The van der Waals surface area contributed by atoms with Crippen LogP contribution in [0.4, 0.5) is 4.39 Å². The van der Waals surface area contributed by atoms with Gasteiger partial charge in [0.15, 0.2) is 0 Å². The monoisotopic (exact) mass is 432 g/mol. The molecule has 32 heavy (non-hydrogen) atoms. The third-order valence-corrected chi connectivity index (χ3v) is 6.60. The molecular formula is C26H29FN4O. The molecule has 1 aromatic heterocycles. The minimum Gasteiger partial charge on any atom is -0.337 e. The molecule has 3 aromatic rings. The Kier molecular flexibility index (Phi) is 6.04. The number of hydrogen-bond donors (Lipinski definition) is 1. The zero-order chi connectivity index (χ0) is 21.9. The summed E-state index contributed by atoms with van der Waals surface area (Å²) in [5.74, 6) is -0.119. The Bertz CT molecular complexity index is 1070. The molecule has 1 unspecified atom stereocenters. The van der Waals surface area contributed by atoms with E-state index in [9.17, 15) is 9.18 Å². The molecule has 1 amide bonds.